The van der Waals surface area contributed by atoms with Crippen molar-refractivity contribution >= 4 is 17.8 Å². The van der Waals surface area contributed by atoms with Crippen LogP contribution < -0.4 is 10.1 Å². The molecule has 1 saturated heterocycles. The SMILES string of the molecule is CCN(Cc1cccc(F)c1)C(=O)CN1C(=O)NC(C)(c2ccc(OC)cc2)C1=O. The molecule has 1 fully saturated rings. The monoisotopic (exact) mass is 413 g/mol. The minimum atomic E-state index is -1.27. The second-order valence-electron chi connectivity index (χ2n) is 7.21. The summed E-state index contributed by atoms with van der Waals surface area (Å²) in [5, 5.41) is 2.68. The van der Waals surface area contributed by atoms with Gasteiger partial charge in [0, 0.05) is 13.1 Å². The summed E-state index contributed by atoms with van der Waals surface area (Å²) in [5.74, 6) is -0.667. The van der Waals surface area contributed by atoms with E-state index in [4.69, 9.17) is 4.74 Å². The van der Waals surface area contributed by atoms with Crippen LogP contribution in [0.3, 0.4) is 0 Å². The molecule has 0 spiro atoms. The fourth-order valence-electron chi connectivity index (χ4n) is 3.43. The van der Waals surface area contributed by atoms with Crippen LogP contribution in [0.1, 0.15) is 25.0 Å². The minimum absolute atomic E-state index is 0.187. The second kappa shape index (κ2) is 8.52. The predicted molar refractivity (Wildman–Crippen MR) is 108 cm³/mol. The average molecular weight is 413 g/mol. The molecule has 0 radical (unpaired) electrons. The first-order valence-electron chi connectivity index (χ1n) is 9.59. The maximum atomic E-state index is 13.4. The van der Waals surface area contributed by atoms with Gasteiger partial charge < -0.3 is 15.0 Å². The fourth-order valence-corrected chi connectivity index (χ4v) is 3.43. The fraction of sp³-hybridized carbons (Fsp3) is 0.318. The summed E-state index contributed by atoms with van der Waals surface area (Å²) in [6.07, 6.45) is 0. The van der Waals surface area contributed by atoms with Crippen molar-refractivity contribution in [3.63, 3.8) is 0 Å². The number of urea groups is 1. The molecule has 3 rings (SSSR count). The van der Waals surface area contributed by atoms with Crippen molar-refractivity contribution in [2.24, 2.45) is 0 Å². The minimum Gasteiger partial charge on any atom is -0.497 e. The standard InChI is InChI=1S/C22H24FN3O4/c1-4-25(13-15-6-5-7-17(23)12-15)19(27)14-26-20(28)22(2,24-21(26)29)16-8-10-18(30-3)11-9-16/h5-12H,4,13-14H2,1-3H3,(H,24,29). The number of hydrogen-bond donors (Lipinski definition) is 1. The number of hydrogen-bond acceptors (Lipinski definition) is 4. The Bertz CT molecular complexity index is 963. The first-order chi connectivity index (χ1) is 14.3. The molecule has 1 heterocycles. The molecule has 0 aromatic heterocycles. The molecular weight excluding hydrogens is 389 g/mol. The smallest absolute Gasteiger partial charge is 0.325 e. The van der Waals surface area contributed by atoms with E-state index in [0.29, 0.717) is 23.4 Å². The van der Waals surface area contributed by atoms with Gasteiger partial charge in [0.2, 0.25) is 5.91 Å². The Morgan fingerprint density at radius 1 is 1.20 bits per heavy atom. The molecule has 0 aliphatic carbocycles. The summed E-state index contributed by atoms with van der Waals surface area (Å²) in [4.78, 5) is 40.7. The van der Waals surface area contributed by atoms with E-state index in [1.165, 1.54) is 24.1 Å². The van der Waals surface area contributed by atoms with E-state index < -0.39 is 23.4 Å². The highest BCUT2D eigenvalue weighted by molar-refractivity contribution is 6.09. The first-order valence-corrected chi connectivity index (χ1v) is 9.59. The van der Waals surface area contributed by atoms with E-state index in [-0.39, 0.29) is 18.9 Å². The zero-order valence-corrected chi connectivity index (χ0v) is 17.1. The Labute approximate surface area is 174 Å². The number of methoxy groups -OCH3 is 1. The highest BCUT2D eigenvalue weighted by Gasteiger charge is 2.49. The van der Waals surface area contributed by atoms with Crippen molar-refractivity contribution in [3.05, 3.63) is 65.5 Å². The Morgan fingerprint density at radius 2 is 1.90 bits per heavy atom. The summed E-state index contributed by atoms with van der Waals surface area (Å²) in [6.45, 7) is 3.54. The molecule has 1 N–H and O–H groups in total. The van der Waals surface area contributed by atoms with E-state index in [1.54, 1.807) is 50.2 Å². The van der Waals surface area contributed by atoms with Crippen molar-refractivity contribution in [1.29, 1.82) is 0 Å². The van der Waals surface area contributed by atoms with Crippen molar-refractivity contribution < 1.29 is 23.5 Å². The number of benzene rings is 2. The van der Waals surface area contributed by atoms with Crippen LogP contribution in [0.25, 0.3) is 0 Å². The van der Waals surface area contributed by atoms with Gasteiger partial charge in [-0.3, -0.25) is 14.5 Å². The normalized spacial score (nSPS) is 18.3. The highest BCUT2D eigenvalue weighted by atomic mass is 19.1. The van der Waals surface area contributed by atoms with Crippen LogP contribution in [-0.2, 0) is 21.7 Å². The van der Waals surface area contributed by atoms with Crippen molar-refractivity contribution in [2.75, 3.05) is 20.2 Å². The van der Waals surface area contributed by atoms with Gasteiger partial charge in [0.05, 0.1) is 7.11 Å². The number of ether oxygens (including phenoxy) is 1. The zero-order valence-electron chi connectivity index (χ0n) is 17.1. The van der Waals surface area contributed by atoms with Gasteiger partial charge in [0.1, 0.15) is 23.7 Å². The van der Waals surface area contributed by atoms with Gasteiger partial charge >= 0.3 is 6.03 Å². The number of imide groups is 1. The number of rotatable bonds is 7. The summed E-state index contributed by atoms with van der Waals surface area (Å²) >= 11 is 0. The topological polar surface area (TPSA) is 79.0 Å². The quantitative estimate of drug-likeness (QED) is 0.708. The molecular formula is C22H24FN3O4. The number of nitrogens with zero attached hydrogens (tertiary/aromatic N) is 2. The van der Waals surface area contributed by atoms with Gasteiger partial charge in [-0.05, 0) is 49.2 Å². The summed E-state index contributed by atoms with van der Waals surface area (Å²) in [5.41, 5.74) is -0.0577. The molecule has 8 heteroatoms. The van der Waals surface area contributed by atoms with Gasteiger partial charge in [0.25, 0.3) is 5.91 Å². The highest BCUT2D eigenvalue weighted by Crippen LogP contribution is 2.30. The molecule has 1 atom stereocenters. The maximum absolute atomic E-state index is 13.4. The summed E-state index contributed by atoms with van der Waals surface area (Å²) < 4.78 is 18.6. The third-order valence-electron chi connectivity index (χ3n) is 5.23. The number of carbonyl (C=O) groups excluding carboxylic acids is 3. The molecule has 7 nitrogen and oxygen atoms in total. The van der Waals surface area contributed by atoms with Crippen LogP contribution in [0.2, 0.25) is 0 Å². The molecule has 1 unspecified atom stereocenters. The van der Waals surface area contributed by atoms with Gasteiger partial charge in [-0.2, -0.15) is 0 Å². The third-order valence-corrected chi connectivity index (χ3v) is 5.23. The molecule has 2 aromatic carbocycles. The van der Waals surface area contributed by atoms with Gasteiger partial charge in [-0.25, -0.2) is 9.18 Å². The van der Waals surface area contributed by atoms with Crippen LogP contribution in [-0.4, -0.2) is 47.8 Å². The molecule has 1 aliphatic heterocycles. The first kappa shape index (κ1) is 21.3. The largest absolute Gasteiger partial charge is 0.497 e. The zero-order chi connectivity index (χ0) is 21.9. The number of nitrogens with one attached hydrogen (secondary N) is 1. The molecule has 1 aliphatic rings. The molecule has 30 heavy (non-hydrogen) atoms. The Balaban J connectivity index is 1.74. The lowest BCUT2D eigenvalue weighted by atomic mass is 9.92. The average Bonchev–Trinajstić information content (AvgIpc) is 2.96. The molecule has 158 valence electrons. The summed E-state index contributed by atoms with van der Waals surface area (Å²) in [7, 11) is 1.54. The van der Waals surface area contributed by atoms with E-state index in [9.17, 15) is 18.8 Å². The Hall–Kier alpha value is -3.42. The van der Waals surface area contributed by atoms with Crippen molar-refractivity contribution in [3.8, 4) is 5.75 Å². The van der Waals surface area contributed by atoms with Crippen molar-refractivity contribution in [2.45, 2.75) is 25.9 Å². The second-order valence-corrected chi connectivity index (χ2v) is 7.21. The molecule has 0 bridgehead atoms. The van der Waals surface area contributed by atoms with Crippen LogP contribution in [0.5, 0.6) is 5.75 Å². The van der Waals surface area contributed by atoms with Gasteiger partial charge in [-0.15, -0.1) is 0 Å². The van der Waals surface area contributed by atoms with Crippen molar-refractivity contribution in [1.82, 2.24) is 15.1 Å². The van der Waals surface area contributed by atoms with E-state index in [0.717, 1.165) is 4.90 Å². The number of halogens is 1. The number of amides is 4. The van der Waals surface area contributed by atoms with Crippen LogP contribution >= 0.6 is 0 Å². The van der Waals surface area contributed by atoms with E-state index in [1.807, 2.05) is 0 Å². The molecule has 4 amide bonds. The van der Waals surface area contributed by atoms with Crippen LogP contribution in [0, 0.1) is 5.82 Å². The van der Waals surface area contributed by atoms with Crippen LogP contribution in [0.4, 0.5) is 9.18 Å². The molecule has 0 saturated carbocycles. The lowest BCUT2D eigenvalue weighted by molar-refractivity contribution is -0.139. The Kier molecular flexibility index (Phi) is 6.05. The third kappa shape index (κ3) is 4.12. The Morgan fingerprint density at radius 3 is 2.50 bits per heavy atom. The van der Waals surface area contributed by atoms with E-state index >= 15 is 0 Å². The lowest BCUT2D eigenvalue weighted by Gasteiger charge is -2.25. The van der Waals surface area contributed by atoms with Gasteiger partial charge in [-0.1, -0.05) is 24.3 Å². The predicted octanol–water partition coefficient (Wildman–Crippen LogP) is 2.65. The summed E-state index contributed by atoms with van der Waals surface area (Å²) in [6, 6.07) is 12.1. The van der Waals surface area contributed by atoms with Gasteiger partial charge in [0.15, 0.2) is 0 Å². The maximum Gasteiger partial charge on any atom is 0.325 e. The molecule has 2 aromatic rings. The number of carbonyl (C=O) groups is 3. The lowest BCUT2D eigenvalue weighted by Crippen LogP contribution is -2.44. The van der Waals surface area contributed by atoms with Crippen LogP contribution in [0.15, 0.2) is 48.5 Å². The van der Waals surface area contributed by atoms with E-state index in [2.05, 4.69) is 5.32 Å². The number of likely N-dealkylation sites (N-methyl/N-ethyl adjacent to an activating group) is 1.